The van der Waals surface area contributed by atoms with Crippen LogP contribution in [-0.2, 0) is 0 Å². The molecule has 0 atom stereocenters. The highest BCUT2D eigenvalue weighted by Gasteiger charge is 2.16. The molecule has 0 saturated heterocycles. The summed E-state index contributed by atoms with van der Waals surface area (Å²) in [6.07, 6.45) is 0. The minimum Gasteiger partial charge on any atom is -0.403 e. The molecule has 0 amide bonds. The predicted octanol–water partition coefficient (Wildman–Crippen LogP) is 4.64. The first-order valence-electron chi connectivity index (χ1n) is 9.43. The SMILES string of the molecule is Cc1cc(-c2nc3ccccc3c(=O)o2)c(C)cc1-c1nc2ccccc2c(=O)o1. The number of para-hydroxylation sites is 2. The molecular weight excluding hydrogens is 380 g/mol. The lowest BCUT2D eigenvalue weighted by Crippen LogP contribution is -2.05. The summed E-state index contributed by atoms with van der Waals surface area (Å²) in [5, 5.41) is 0.878. The summed E-state index contributed by atoms with van der Waals surface area (Å²) in [7, 11) is 0. The van der Waals surface area contributed by atoms with Crippen LogP contribution in [0.5, 0.6) is 0 Å². The Morgan fingerprint density at radius 3 is 1.47 bits per heavy atom. The Hall–Kier alpha value is -4.06. The van der Waals surface area contributed by atoms with Crippen molar-refractivity contribution in [1.82, 2.24) is 9.97 Å². The van der Waals surface area contributed by atoms with Crippen molar-refractivity contribution in [3.8, 4) is 22.9 Å². The summed E-state index contributed by atoms with van der Waals surface area (Å²) in [4.78, 5) is 33.7. The van der Waals surface area contributed by atoms with Gasteiger partial charge in [-0.05, 0) is 61.4 Å². The maximum absolute atomic E-state index is 12.4. The van der Waals surface area contributed by atoms with Gasteiger partial charge in [-0.2, -0.15) is 0 Å². The van der Waals surface area contributed by atoms with E-state index in [0.717, 1.165) is 11.1 Å². The highest BCUT2D eigenvalue weighted by molar-refractivity contribution is 5.81. The molecule has 2 heterocycles. The standard InChI is InChI=1S/C24H16N2O4/c1-13-11-18(22-26-20-10-6-4-8-16(20)24(28)30-22)14(2)12-17(13)21-25-19-9-5-3-7-15(19)23(27)29-21/h3-12H,1-2H3. The van der Waals surface area contributed by atoms with Crippen LogP contribution in [0.15, 0.2) is 79.1 Å². The van der Waals surface area contributed by atoms with E-state index in [4.69, 9.17) is 8.83 Å². The second-order valence-corrected chi connectivity index (χ2v) is 7.13. The second kappa shape index (κ2) is 6.77. The molecule has 0 aliphatic rings. The van der Waals surface area contributed by atoms with E-state index in [1.807, 2.05) is 38.1 Å². The van der Waals surface area contributed by atoms with Gasteiger partial charge in [0.05, 0.1) is 21.8 Å². The molecule has 0 spiro atoms. The van der Waals surface area contributed by atoms with E-state index in [2.05, 4.69) is 9.97 Å². The maximum Gasteiger partial charge on any atom is 0.347 e. The number of rotatable bonds is 2. The van der Waals surface area contributed by atoms with Gasteiger partial charge in [0, 0.05) is 11.1 Å². The van der Waals surface area contributed by atoms with E-state index in [1.165, 1.54) is 0 Å². The van der Waals surface area contributed by atoms with Crippen molar-refractivity contribution in [3.63, 3.8) is 0 Å². The summed E-state index contributed by atoms with van der Waals surface area (Å²) < 4.78 is 11.0. The third-order valence-corrected chi connectivity index (χ3v) is 5.10. The van der Waals surface area contributed by atoms with Gasteiger partial charge >= 0.3 is 11.3 Å². The van der Waals surface area contributed by atoms with Crippen molar-refractivity contribution in [2.45, 2.75) is 13.8 Å². The van der Waals surface area contributed by atoms with Gasteiger partial charge in [-0.15, -0.1) is 0 Å². The third-order valence-electron chi connectivity index (χ3n) is 5.10. The molecule has 0 unspecified atom stereocenters. The lowest BCUT2D eigenvalue weighted by molar-refractivity contribution is 0.516. The summed E-state index contributed by atoms with van der Waals surface area (Å²) >= 11 is 0. The normalized spacial score (nSPS) is 11.3. The van der Waals surface area contributed by atoms with Crippen LogP contribution in [0, 0.1) is 13.8 Å². The highest BCUT2D eigenvalue weighted by atomic mass is 16.4. The van der Waals surface area contributed by atoms with Crippen molar-refractivity contribution in [1.29, 1.82) is 0 Å². The number of hydrogen-bond acceptors (Lipinski definition) is 6. The zero-order chi connectivity index (χ0) is 20.8. The van der Waals surface area contributed by atoms with Crippen LogP contribution < -0.4 is 11.3 Å². The first-order chi connectivity index (χ1) is 14.5. The molecule has 6 nitrogen and oxygen atoms in total. The number of hydrogen-bond donors (Lipinski definition) is 0. The smallest absolute Gasteiger partial charge is 0.347 e. The lowest BCUT2D eigenvalue weighted by atomic mass is 9.99. The largest absolute Gasteiger partial charge is 0.403 e. The topological polar surface area (TPSA) is 86.2 Å². The number of aromatic nitrogens is 2. The van der Waals surface area contributed by atoms with E-state index in [-0.39, 0.29) is 11.8 Å². The van der Waals surface area contributed by atoms with Crippen LogP contribution >= 0.6 is 0 Å². The zero-order valence-electron chi connectivity index (χ0n) is 16.3. The fourth-order valence-electron chi connectivity index (χ4n) is 3.54. The summed E-state index contributed by atoms with van der Waals surface area (Å²) in [6.45, 7) is 3.77. The highest BCUT2D eigenvalue weighted by Crippen LogP contribution is 2.30. The van der Waals surface area contributed by atoms with Crippen molar-refractivity contribution in [2.24, 2.45) is 0 Å². The van der Waals surface area contributed by atoms with Crippen LogP contribution in [0.25, 0.3) is 44.7 Å². The predicted molar refractivity (Wildman–Crippen MR) is 114 cm³/mol. The van der Waals surface area contributed by atoms with Gasteiger partial charge in [-0.25, -0.2) is 19.6 Å². The summed E-state index contributed by atoms with van der Waals surface area (Å²) in [5.74, 6) is 0.498. The number of nitrogens with zero attached hydrogens (tertiary/aromatic N) is 2. The van der Waals surface area contributed by atoms with Crippen molar-refractivity contribution >= 4 is 21.8 Å². The molecule has 2 aromatic heterocycles. The zero-order valence-corrected chi connectivity index (χ0v) is 16.3. The van der Waals surface area contributed by atoms with Crippen LogP contribution in [0.4, 0.5) is 0 Å². The minimum atomic E-state index is -0.432. The Kier molecular flexibility index (Phi) is 4.06. The average Bonchev–Trinajstić information content (AvgIpc) is 2.75. The Labute approximate surface area is 170 Å². The van der Waals surface area contributed by atoms with Gasteiger partial charge in [0.2, 0.25) is 11.8 Å². The lowest BCUT2D eigenvalue weighted by Gasteiger charge is -2.11. The van der Waals surface area contributed by atoms with Crippen molar-refractivity contribution in [2.75, 3.05) is 0 Å². The second-order valence-electron chi connectivity index (χ2n) is 7.13. The quantitative estimate of drug-likeness (QED) is 0.432. The Morgan fingerprint density at radius 1 is 0.633 bits per heavy atom. The molecule has 0 bridgehead atoms. The Bertz CT molecular complexity index is 1440. The van der Waals surface area contributed by atoms with Crippen LogP contribution in [-0.4, -0.2) is 9.97 Å². The Balaban J connectivity index is 1.68. The number of fused-ring (bicyclic) bond motifs is 2. The molecule has 0 aliphatic heterocycles. The third kappa shape index (κ3) is 2.90. The molecular formula is C24H16N2O4. The van der Waals surface area contributed by atoms with Gasteiger partial charge in [0.15, 0.2) is 0 Å². The molecule has 0 N–H and O–H groups in total. The molecule has 3 aromatic carbocycles. The molecule has 30 heavy (non-hydrogen) atoms. The molecule has 0 fully saturated rings. The molecule has 5 rings (SSSR count). The van der Waals surface area contributed by atoms with Gasteiger partial charge < -0.3 is 8.83 Å². The van der Waals surface area contributed by atoms with Gasteiger partial charge in [-0.1, -0.05) is 24.3 Å². The number of aryl methyl sites for hydroxylation is 2. The van der Waals surface area contributed by atoms with E-state index in [0.29, 0.717) is 32.9 Å². The molecule has 0 radical (unpaired) electrons. The fraction of sp³-hybridized carbons (Fsp3) is 0.0833. The van der Waals surface area contributed by atoms with Crippen LogP contribution in [0.3, 0.4) is 0 Å². The number of benzene rings is 3. The molecule has 0 saturated carbocycles. The minimum absolute atomic E-state index is 0.249. The van der Waals surface area contributed by atoms with E-state index in [9.17, 15) is 9.59 Å². The molecule has 0 aliphatic carbocycles. The first kappa shape index (κ1) is 18.0. The monoisotopic (exact) mass is 396 g/mol. The van der Waals surface area contributed by atoms with Crippen molar-refractivity contribution < 1.29 is 8.83 Å². The van der Waals surface area contributed by atoms with E-state index >= 15 is 0 Å². The molecule has 6 heteroatoms. The van der Waals surface area contributed by atoms with E-state index < -0.39 is 11.3 Å². The average molecular weight is 396 g/mol. The van der Waals surface area contributed by atoms with Crippen molar-refractivity contribution in [3.05, 3.63) is 92.6 Å². The Morgan fingerprint density at radius 2 is 1.03 bits per heavy atom. The summed E-state index contributed by atoms with van der Waals surface area (Å²) in [6, 6.07) is 17.9. The summed E-state index contributed by atoms with van der Waals surface area (Å²) in [5.41, 5.74) is 3.32. The van der Waals surface area contributed by atoms with Crippen LogP contribution in [0.2, 0.25) is 0 Å². The first-order valence-corrected chi connectivity index (χ1v) is 9.43. The molecule has 146 valence electrons. The van der Waals surface area contributed by atoms with Gasteiger partial charge in [-0.3, -0.25) is 0 Å². The maximum atomic E-state index is 12.4. The fourth-order valence-corrected chi connectivity index (χ4v) is 3.54. The van der Waals surface area contributed by atoms with Crippen LogP contribution in [0.1, 0.15) is 11.1 Å². The van der Waals surface area contributed by atoms with Gasteiger partial charge in [0.1, 0.15) is 0 Å². The van der Waals surface area contributed by atoms with Gasteiger partial charge in [0.25, 0.3) is 0 Å². The van der Waals surface area contributed by atoms with E-state index in [1.54, 1.807) is 36.4 Å². The molecule has 5 aromatic rings.